The topological polar surface area (TPSA) is 37.4 Å². The van der Waals surface area contributed by atoms with Crippen molar-refractivity contribution in [3.63, 3.8) is 0 Å². The highest BCUT2D eigenvalue weighted by atomic mass is 32.1. The fourth-order valence-corrected chi connectivity index (χ4v) is 1.58. The molecule has 1 aromatic rings. The molecule has 1 unspecified atom stereocenters. The minimum Gasteiger partial charge on any atom is -0.383 e. The Morgan fingerprint density at radius 3 is 3.00 bits per heavy atom. The van der Waals surface area contributed by atoms with Gasteiger partial charge in [-0.3, -0.25) is 4.98 Å². The highest BCUT2D eigenvalue weighted by molar-refractivity contribution is 7.80. The third-order valence-electron chi connectivity index (χ3n) is 2.12. The standard InChI is InChI=1S/C11H17N3OS/c1-9(8-15-3)13-11(16)14(2)10-5-4-6-12-7-10/h4-7,9H,8H2,1-3H3,(H,13,16). The number of thiocarbonyl (C=S) groups is 1. The molecule has 1 rings (SSSR count). The van der Waals surface area contributed by atoms with Crippen LogP contribution < -0.4 is 10.2 Å². The molecule has 0 amide bonds. The number of aromatic nitrogens is 1. The second-order valence-corrected chi connectivity index (χ2v) is 3.96. The van der Waals surface area contributed by atoms with Gasteiger partial charge in [0.15, 0.2) is 5.11 Å². The van der Waals surface area contributed by atoms with E-state index in [1.165, 1.54) is 0 Å². The predicted molar refractivity (Wildman–Crippen MR) is 69.7 cm³/mol. The van der Waals surface area contributed by atoms with Gasteiger partial charge < -0.3 is 15.0 Å². The first-order valence-electron chi connectivity index (χ1n) is 5.08. The first-order chi connectivity index (χ1) is 7.65. The van der Waals surface area contributed by atoms with Crippen LogP contribution in [0.1, 0.15) is 6.92 Å². The first kappa shape index (κ1) is 12.9. The van der Waals surface area contributed by atoms with Crippen LogP contribution in [0.25, 0.3) is 0 Å². The van der Waals surface area contributed by atoms with Crippen LogP contribution in [0.2, 0.25) is 0 Å². The van der Waals surface area contributed by atoms with E-state index in [1.54, 1.807) is 19.5 Å². The van der Waals surface area contributed by atoms with Crippen molar-refractivity contribution in [2.75, 3.05) is 25.7 Å². The van der Waals surface area contributed by atoms with Crippen LogP contribution in [-0.4, -0.2) is 36.9 Å². The maximum absolute atomic E-state index is 5.28. The molecule has 5 heteroatoms. The minimum atomic E-state index is 0.191. The maximum Gasteiger partial charge on any atom is 0.173 e. The van der Waals surface area contributed by atoms with E-state index in [9.17, 15) is 0 Å². The van der Waals surface area contributed by atoms with Gasteiger partial charge in [0.1, 0.15) is 0 Å². The minimum absolute atomic E-state index is 0.191. The van der Waals surface area contributed by atoms with E-state index in [0.29, 0.717) is 11.7 Å². The second-order valence-electron chi connectivity index (χ2n) is 3.58. The SMILES string of the molecule is COCC(C)NC(=S)N(C)c1cccnc1. The van der Waals surface area contributed by atoms with Crippen molar-refractivity contribution < 1.29 is 4.74 Å². The Labute approximate surface area is 102 Å². The van der Waals surface area contributed by atoms with Gasteiger partial charge in [-0.05, 0) is 31.3 Å². The normalized spacial score (nSPS) is 11.9. The quantitative estimate of drug-likeness (QED) is 0.805. The molecule has 1 heterocycles. The summed E-state index contributed by atoms with van der Waals surface area (Å²) in [5, 5.41) is 3.85. The summed E-state index contributed by atoms with van der Waals surface area (Å²) in [7, 11) is 3.58. The Morgan fingerprint density at radius 2 is 2.44 bits per heavy atom. The monoisotopic (exact) mass is 239 g/mol. The summed E-state index contributed by atoms with van der Waals surface area (Å²) in [6, 6.07) is 4.03. The highest BCUT2D eigenvalue weighted by Gasteiger charge is 2.09. The van der Waals surface area contributed by atoms with Crippen LogP contribution in [0.5, 0.6) is 0 Å². The van der Waals surface area contributed by atoms with Crippen LogP contribution in [0, 0.1) is 0 Å². The number of methoxy groups -OCH3 is 1. The van der Waals surface area contributed by atoms with Crippen LogP contribution in [-0.2, 0) is 4.74 Å². The molecule has 0 fully saturated rings. The zero-order valence-corrected chi connectivity index (χ0v) is 10.6. The van der Waals surface area contributed by atoms with Crippen molar-refractivity contribution in [2.45, 2.75) is 13.0 Å². The molecular weight excluding hydrogens is 222 g/mol. The number of hydrogen-bond donors (Lipinski definition) is 1. The molecule has 0 aliphatic carbocycles. The van der Waals surface area contributed by atoms with Gasteiger partial charge >= 0.3 is 0 Å². The van der Waals surface area contributed by atoms with Crippen LogP contribution in [0.4, 0.5) is 5.69 Å². The molecule has 1 aromatic heterocycles. The lowest BCUT2D eigenvalue weighted by Gasteiger charge is -2.23. The van der Waals surface area contributed by atoms with E-state index in [1.807, 2.05) is 31.0 Å². The molecule has 0 radical (unpaired) electrons. The van der Waals surface area contributed by atoms with Crippen LogP contribution >= 0.6 is 12.2 Å². The van der Waals surface area contributed by atoms with E-state index < -0.39 is 0 Å². The summed E-state index contributed by atoms with van der Waals surface area (Å²) in [6.45, 7) is 2.65. The van der Waals surface area contributed by atoms with Crippen LogP contribution in [0.3, 0.4) is 0 Å². The lowest BCUT2D eigenvalue weighted by atomic mass is 10.3. The largest absolute Gasteiger partial charge is 0.383 e. The van der Waals surface area contributed by atoms with E-state index in [-0.39, 0.29) is 6.04 Å². The van der Waals surface area contributed by atoms with Gasteiger partial charge in [0.25, 0.3) is 0 Å². The molecule has 0 saturated heterocycles. The van der Waals surface area contributed by atoms with Gasteiger partial charge in [0.05, 0.1) is 18.5 Å². The number of rotatable bonds is 4. The summed E-state index contributed by atoms with van der Waals surface area (Å²) >= 11 is 5.28. The number of hydrogen-bond acceptors (Lipinski definition) is 3. The number of pyridine rings is 1. The highest BCUT2D eigenvalue weighted by Crippen LogP contribution is 2.09. The maximum atomic E-state index is 5.28. The molecule has 88 valence electrons. The van der Waals surface area contributed by atoms with Crippen molar-refractivity contribution in [1.29, 1.82) is 0 Å². The van der Waals surface area contributed by atoms with E-state index in [4.69, 9.17) is 17.0 Å². The predicted octanol–water partition coefficient (Wildman–Crippen LogP) is 1.43. The van der Waals surface area contributed by atoms with Gasteiger partial charge in [0.2, 0.25) is 0 Å². The second kappa shape index (κ2) is 6.40. The van der Waals surface area contributed by atoms with E-state index >= 15 is 0 Å². The fraction of sp³-hybridized carbons (Fsp3) is 0.455. The average Bonchev–Trinajstić information content (AvgIpc) is 2.29. The lowest BCUT2D eigenvalue weighted by molar-refractivity contribution is 0.179. The summed E-state index contributed by atoms with van der Waals surface area (Å²) < 4.78 is 5.04. The van der Waals surface area contributed by atoms with Crippen molar-refractivity contribution >= 4 is 23.0 Å². The molecule has 16 heavy (non-hydrogen) atoms. The molecular formula is C11H17N3OS. The molecule has 1 atom stereocenters. The van der Waals surface area contributed by atoms with Gasteiger partial charge in [0, 0.05) is 26.4 Å². The zero-order chi connectivity index (χ0) is 12.0. The van der Waals surface area contributed by atoms with Gasteiger partial charge in [-0.15, -0.1) is 0 Å². The third kappa shape index (κ3) is 3.75. The number of nitrogens with zero attached hydrogens (tertiary/aromatic N) is 2. The Kier molecular flexibility index (Phi) is 5.14. The van der Waals surface area contributed by atoms with Crippen molar-refractivity contribution in [1.82, 2.24) is 10.3 Å². The van der Waals surface area contributed by atoms with Gasteiger partial charge in [-0.2, -0.15) is 0 Å². The van der Waals surface area contributed by atoms with Crippen molar-refractivity contribution in [3.8, 4) is 0 Å². The third-order valence-corrected chi connectivity index (χ3v) is 2.52. The van der Waals surface area contributed by atoms with Gasteiger partial charge in [-0.25, -0.2) is 0 Å². The molecule has 0 aromatic carbocycles. The van der Waals surface area contributed by atoms with Crippen molar-refractivity contribution in [3.05, 3.63) is 24.5 Å². The zero-order valence-electron chi connectivity index (χ0n) is 9.80. The first-order valence-corrected chi connectivity index (χ1v) is 5.49. The number of anilines is 1. The average molecular weight is 239 g/mol. The Balaban J connectivity index is 2.55. The Bertz CT molecular complexity index is 331. The molecule has 0 aliphatic rings. The smallest absolute Gasteiger partial charge is 0.173 e. The molecule has 4 nitrogen and oxygen atoms in total. The number of nitrogens with one attached hydrogen (secondary N) is 1. The summed E-state index contributed by atoms with van der Waals surface area (Å²) in [4.78, 5) is 5.93. The van der Waals surface area contributed by atoms with Crippen molar-refractivity contribution in [2.24, 2.45) is 0 Å². The Morgan fingerprint density at radius 1 is 1.69 bits per heavy atom. The van der Waals surface area contributed by atoms with Crippen LogP contribution in [0.15, 0.2) is 24.5 Å². The molecule has 0 spiro atoms. The molecule has 1 N–H and O–H groups in total. The number of ether oxygens (including phenoxy) is 1. The molecule has 0 saturated carbocycles. The molecule has 0 bridgehead atoms. The summed E-state index contributed by atoms with van der Waals surface area (Å²) in [6.07, 6.45) is 3.51. The summed E-state index contributed by atoms with van der Waals surface area (Å²) in [5.41, 5.74) is 0.963. The summed E-state index contributed by atoms with van der Waals surface area (Å²) in [5.74, 6) is 0. The Hall–Kier alpha value is -1.20. The fourth-order valence-electron chi connectivity index (χ4n) is 1.27. The van der Waals surface area contributed by atoms with E-state index in [0.717, 1.165) is 5.69 Å². The van der Waals surface area contributed by atoms with Gasteiger partial charge in [-0.1, -0.05) is 0 Å². The lowest BCUT2D eigenvalue weighted by Crippen LogP contribution is -2.43. The van der Waals surface area contributed by atoms with E-state index in [2.05, 4.69) is 10.3 Å². The molecule has 0 aliphatic heterocycles.